The molecule has 6 nitrogen and oxygen atoms in total. The Morgan fingerprint density at radius 2 is 1.93 bits per heavy atom. The van der Waals surface area contributed by atoms with Crippen LogP contribution in [0.15, 0.2) is 48.0 Å². The second kappa shape index (κ2) is 9.65. The molecule has 2 aromatic carbocycles. The fraction of sp³-hybridized carbons (Fsp3) is 0.190. The van der Waals surface area contributed by atoms with Crippen LogP contribution >= 0.6 is 0 Å². The van der Waals surface area contributed by atoms with Gasteiger partial charge in [0.15, 0.2) is 11.5 Å². The number of methoxy groups -OCH3 is 1. The number of benzene rings is 2. The standard InChI is InChI=1S/C21H18N2O4/c1-3-26-21(24)18(13-23)10-15-8-9-19(20(11-15)25-2)27-14-17-7-5-4-6-16(17)12-22/h4-11H,3,14H2,1-2H3/b18-10-. The van der Waals surface area contributed by atoms with Crippen molar-refractivity contribution in [2.75, 3.05) is 13.7 Å². The van der Waals surface area contributed by atoms with Crippen molar-refractivity contribution in [1.82, 2.24) is 0 Å². The number of carbonyl (C=O) groups excluding carboxylic acids is 1. The third-order valence-corrected chi connectivity index (χ3v) is 3.64. The molecule has 0 amide bonds. The van der Waals surface area contributed by atoms with Gasteiger partial charge in [0.2, 0.25) is 0 Å². The molecule has 2 rings (SSSR count). The molecule has 6 heteroatoms. The lowest BCUT2D eigenvalue weighted by atomic mass is 10.1. The number of ether oxygens (including phenoxy) is 3. The van der Waals surface area contributed by atoms with E-state index in [4.69, 9.17) is 24.7 Å². The normalized spacial score (nSPS) is 10.4. The quantitative estimate of drug-likeness (QED) is 0.424. The Morgan fingerprint density at radius 3 is 2.59 bits per heavy atom. The maximum atomic E-state index is 11.7. The van der Waals surface area contributed by atoms with Crippen molar-refractivity contribution >= 4 is 12.0 Å². The summed E-state index contributed by atoms with van der Waals surface area (Å²) in [6.45, 7) is 2.08. The maximum Gasteiger partial charge on any atom is 0.348 e. The molecule has 0 radical (unpaired) electrons. The van der Waals surface area contributed by atoms with Crippen LogP contribution in [-0.4, -0.2) is 19.7 Å². The van der Waals surface area contributed by atoms with Crippen LogP contribution in [0, 0.1) is 22.7 Å². The molecular formula is C21H18N2O4. The van der Waals surface area contributed by atoms with E-state index < -0.39 is 5.97 Å². The van der Waals surface area contributed by atoms with Gasteiger partial charge < -0.3 is 14.2 Å². The number of esters is 1. The molecule has 0 fully saturated rings. The number of carbonyl (C=O) groups is 1. The zero-order valence-electron chi connectivity index (χ0n) is 15.1. The molecule has 0 saturated carbocycles. The maximum absolute atomic E-state index is 11.7. The molecule has 0 N–H and O–H groups in total. The van der Waals surface area contributed by atoms with Crippen LogP contribution in [0.4, 0.5) is 0 Å². The first kappa shape index (κ1) is 19.6. The first-order valence-electron chi connectivity index (χ1n) is 8.20. The summed E-state index contributed by atoms with van der Waals surface area (Å²) >= 11 is 0. The predicted octanol–water partition coefficient (Wildman–Crippen LogP) is 3.62. The number of nitrogens with zero attached hydrogens (tertiary/aromatic N) is 2. The van der Waals surface area contributed by atoms with Gasteiger partial charge in [0.25, 0.3) is 0 Å². The van der Waals surface area contributed by atoms with Gasteiger partial charge in [-0.05, 0) is 36.8 Å². The summed E-state index contributed by atoms with van der Waals surface area (Å²) in [5, 5.41) is 18.3. The van der Waals surface area contributed by atoms with E-state index in [2.05, 4.69) is 6.07 Å². The van der Waals surface area contributed by atoms with Gasteiger partial charge in [0, 0.05) is 5.56 Å². The largest absolute Gasteiger partial charge is 0.493 e. The molecule has 136 valence electrons. The second-order valence-electron chi connectivity index (χ2n) is 5.36. The lowest BCUT2D eigenvalue weighted by Crippen LogP contribution is -2.06. The van der Waals surface area contributed by atoms with Gasteiger partial charge in [0.1, 0.15) is 18.2 Å². The molecule has 0 spiro atoms. The van der Waals surface area contributed by atoms with Crippen molar-refractivity contribution in [3.8, 4) is 23.6 Å². The molecule has 0 aliphatic heterocycles. The summed E-state index contributed by atoms with van der Waals surface area (Å²) in [6, 6.07) is 16.2. The van der Waals surface area contributed by atoms with Gasteiger partial charge in [-0.25, -0.2) is 4.79 Å². The monoisotopic (exact) mass is 362 g/mol. The van der Waals surface area contributed by atoms with E-state index in [1.54, 1.807) is 37.3 Å². The fourth-order valence-corrected chi connectivity index (χ4v) is 2.32. The molecule has 0 aromatic heterocycles. The molecule has 0 bridgehead atoms. The molecule has 2 aromatic rings. The Hall–Kier alpha value is -3.77. The molecule has 0 saturated heterocycles. The first-order chi connectivity index (χ1) is 13.1. The highest BCUT2D eigenvalue weighted by Gasteiger charge is 2.12. The highest BCUT2D eigenvalue weighted by molar-refractivity contribution is 5.97. The summed E-state index contributed by atoms with van der Waals surface area (Å²) in [5.74, 6) is 0.253. The lowest BCUT2D eigenvalue weighted by molar-refractivity contribution is -0.137. The van der Waals surface area contributed by atoms with Crippen LogP contribution in [0.5, 0.6) is 11.5 Å². The topological polar surface area (TPSA) is 92.3 Å². The van der Waals surface area contributed by atoms with Crippen molar-refractivity contribution in [2.24, 2.45) is 0 Å². The van der Waals surface area contributed by atoms with Crippen LogP contribution in [0.2, 0.25) is 0 Å². The Kier molecular flexibility index (Phi) is 6.99. The minimum atomic E-state index is -0.674. The number of nitriles is 2. The molecule has 0 atom stereocenters. The Balaban J connectivity index is 2.22. The highest BCUT2D eigenvalue weighted by Crippen LogP contribution is 2.30. The minimum absolute atomic E-state index is 0.101. The van der Waals surface area contributed by atoms with Crippen molar-refractivity contribution < 1.29 is 19.0 Å². The second-order valence-corrected chi connectivity index (χ2v) is 5.36. The Labute approximate surface area is 157 Å². The van der Waals surface area contributed by atoms with Crippen molar-refractivity contribution in [2.45, 2.75) is 13.5 Å². The number of hydrogen-bond acceptors (Lipinski definition) is 6. The van der Waals surface area contributed by atoms with Crippen LogP contribution in [-0.2, 0) is 16.1 Å². The first-order valence-corrected chi connectivity index (χ1v) is 8.20. The predicted molar refractivity (Wildman–Crippen MR) is 98.7 cm³/mol. The molecule has 0 heterocycles. The molecule has 27 heavy (non-hydrogen) atoms. The van der Waals surface area contributed by atoms with Gasteiger partial charge in [-0.3, -0.25) is 0 Å². The van der Waals surface area contributed by atoms with Crippen LogP contribution in [0.3, 0.4) is 0 Å². The molecule has 0 unspecified atom stereocenters. The third kappa shape index (κ3) is 5.10. The van der Waals surface area contributed by atoms with Crippen LogP contribution in [0.1, 0.15) is 23.6 Å². The van der Waals surface area contributed by atoms with Crippen molar-refractivity contribution in [3.05, 3.63) is 64.7 Å². The highest BCUT2D eigenvalue weighted by atomic mass is 16.5. The van der Waals surface area contributed by atoms with E-state index in [-0.39, 0.29) is 18.8 Å². The van der Waals surface area contributed by atoms with E-state index >= 15 is 0 Å². The zero-order valence-corrected chi connectivity index (χ0v) is 15.1. The smallest absolute Gasteiger partial charge is 0.348 e. The third-order valence-electron chi connectivity index (χ3n) is 3.64. The van der Waals surface area contributed by atoms with Crippen LogP contribution in [0.25, 0.3) is 6.08 Å². The SMILES string of the molecule is CCOC(=O)/C(C#N)=C\c1ccc(OCc2ccccc2C#N)c(OC)c1. The summed E-state index contributed by atoms with van der Waals surface area (Å²) in [4.78, 5) is 11.7. The number of rotatable bonds is 7. The average molecular weight is 362 g/mol. The Morgan fingerprint density at radius 1 is 1.15 bits per heavy atom. The van der Waals surface area contributed by atoms with Crippen molar-refractivity contribution in [1.29, 1.82) is 10.5 Å². The van der Waals surface area contributed by atoms with Gasteiger partial charge in [-0.1, -0.05) is 24.3 Å². The van der Waals surface area contributed by atoms with Crippen LogP contribution < -0.4 is 9.47 Å². The average Bonchev–Trinajstić information content (AvgIpc) is 2.71. The van der Waals surface area contributed by atoms with Gasteiger partial charge >= 0.3 is 5.97 Å². The van der Waals surface area contributed by atoms with E-state index in [0.717, 1.165) is 5.56 Å². The molecule has 0 aliphatic rings. The minimum Gasteiger partial charge on any atom is -0.493 e. The van der Waals surface area contributed by atoms with E-state index in [9.17, 15) is 4.79 Å². The fourth-order valence-electron chi connectivity index (χ4n) is 2.32. The Bertz CT molecular complexity index is 936. The van der Waals surface area contributed by atoms with Crippen molar-refractivity contribution in [3.63, 3.8) is 0 Å². The van der Waals surface area contributed by atoms with E-state index in [1.807, 2.05) is 18.2 Å². The van der Waals surface area contributed by atoms with Gasteiger partial charge in [0.05, 0.1) is 25.3 Å². The molecule has 0 aliphatic carbocycles. The summed E-state index contributed by atoms with van der Waals surface area (Å²) in [5.41, 5.74) is 1.81. The lowest BCUT2D eigenvalue weighted by Gasteiger charge is -2.12. The summed E-state index contributed by atoms with van der Waals surface area (Å²) in [7, 11) is 1.50. The summed E-state index contributed by atoms with van der Waals surface area (Å²) < 4.78 is 16.0. The van der Waals surface area contributed by atoms with E-state index in [0.29, 0.717) is 22.6 Å². The van der Waals surface area contributed by atoms with Gasteiger partial charge in [-0.2, -0.15) is 10.5 Å². The summed E-state index contributed by atoms with van der Waals surface area (Å²) in [6.07, 6.45) is 1.43. The van der Waals surface area contributed by atoms with Gasteiger partial charge in [-0.15, -0.1) is 0 Å². The molecular weight excluding hydrogens is 344 g/mol. The zero-order chi connectivity index (χ0) is 19.6. The number of hydrogen-bond donors (Lipinski definition) is 0. The van der Waals surface area contributed by atoms with E-state index in [1.165, 1.54) is 13.2 Å².